The summed E-state index contributed by atoms with van der Waals surface area (Å²) in [6.07, 6.45) is 0. The Morgan fingerprint density at radius 2 is 1.76 bits per heavy atom. The summed E-state index contributed by atoms with van der Waals surface area (Å²) >= 11 is 0. The molecule has 6 nitrogen and oxygen atoms in total. The summed E-state index contributed by atoms with van der Waals surface area (Å²) in [4.78, 5) is 14.3. The molecule has 1 atom stereocenters. The summed E-state index contributed by atoms with van der Waals surface area (Å²) in [7, 11) is -2.29. The third kappa shape index (κ3) is 6.27. The van der Waals surface area contributed by atoms with Crippen molar-refractivity contribution in [3.05, 3.63) is 59.9 Å². The molecule has 1 amide bonds. The lowest BCUT2D eigenvalue weighted by molar-refractivity contribution is -0.133. The zero-order chi connectivity index (χ0) is 21.6. The highest BCUT2D eigenvalue weighted by Crippen LogP contribution is 2.16. The Labute approximate surface area is 171 Å². The molecule has 8 heteroatoms. The molecule has 0 aromatic heterocycles. The lowest BCUT2D eigenvalue weighted by Crippen LogP contribution is -2.50. The SMILES string of the molecule is Cc1ccc(S(=O)(=O)N[C@H](C(=O)N(C)CCOc2ccccc2F)C(C)C)cc1. The molecule has 0 heterocycles. The zero-order valence-corrected chi connectivity index (χ0v) is 17.9. The second-order valence-electron chi connectivity index (χ2n) is 7.19. The smallest absolute Gasteiger partial charge is 0.241 e. The van der Waals surface area contributed by atoms with Crippen LogP contribution in [0.5, 0.6) is 5.75 Å². The zero-order valence-electron chi connectivity index (χ0n) is 17.1. The van der Waals surface area contributed by atoms with E-state index in [1.165, 1.54) is 29.2 Å². The lowest BCUT2D eigenvalue weighted by atomic mass is 10.0. The Morgan fingerprint density at radius 3 is 2.34 bits per heavy atom. The largest absolute Gasteiger partial charge is 0.489 e. The first kappa shape index (κ1) is 22.8. The minimum absolute atomic E-state index is 0.0820. The molecular formula is C21H27FN2O4S. The van der Waals surface area contributed by atoms with Crippen LogP contribution in [0.3, 0.4) is 0 Å². The van der Waals surface area contributed by atoms with Gasteiger partial charge in [-0.15, -0.1) is 0 Å². The minimum Gasteiger partial charge on any atom is -0.489 e. The maximum absolute atomic E-state index is 13.6. The van der Waals surface area contributed by atoms with Crippen LogP contribution < -0.4 is 9.46 Å². The van der Waals surface area contributed by atoms with Gasteiger partial charge in [-0.3, -0.25) is 4.79 Å². The van der Waals surface area contributed by atoms with Crippen LogP contribution in [0.25, 0.3) is 0 Å². The van der Waals surface area contributed by atoms with Crippen LogP contribution in [0.4, 0.5) is 4.39 Å². The molecule has 2 rings (SSSR count). The quantitative estimate of drug-likeness (QED) is 0.674. The Morgan fingerprint density at radius 1 is 1.14 bits per heavy atom. The molecule has 0 saturated heterocycles. The average Bonchev–Trinajstić information content (AvgIpc) is 2.67. The van der Waals surface area contributed by atoms with E-state index in [1.807, 2.05) is 6.92 Å². The summed E-state index contributed by atoms with van der Waals surface area (Å²) < 4.78 is 46.8. The van der Waals surface area contributed by atoms with E-state index >= 15 is 0 Å². The van der Waals surface area contributed by atoms with Gasteiger partial charge in [0.15, 0.2) is 11.6 Å². The van der Waals surface area contributed by atoms with E-state index in [0.29, 0.717) is 0 Å². The molecule has 0 spiro atoms. The van der Waals surface area contributed by atoms with E-state index in [-0.39, 0.29) is 35.6 Å². The van der Waals surface area contributed by atoms with Gasteiger partial charge in [-0.1, -0.05) is 43.7 Å². The molecule has 0 aliphatic carbocycles. The number of carbonyl (C=O) groups excluding carboxylic acids is 1. The van der Waals surface area contributed by atoms with Crippen LogP contribution in [0, 0.1) is 18.7 Å². The van der Waals surface area contributed by atoms with Gasteiger partial charge in [-0.05, 0) is 37.1 Å². The number of sulfonamides is 1. The van der Waals surface area contributed by atoms with E-state index in [2.05, 4.69) is 4.72 Å². The Hall–Kier alpha value is -2.45. The van der Waals surface area contributed by atoms with Crippen molar-refractivity contribution in [1.82, 2.24) is 9.62 Å². The Kier molecular flexibility index (Phi) is 7.75. The predicted molar refractivity (Wildman–Crippen MR) is 110 cm³/mol. The normalized spacial score (nSPS) is 12.6. The summed E-state index contributed by atoms with van der Waals surface area (Å²) in [5.41, 5.74) is 0.940. The topological polar surface area (TPSA) is 75.7 Å². The molecule has 0 bridgehead atoms. The molecule has 0 unspecified atom stereocenters. The lowest BCUT2D eigenvalue weighted by Gasteiger charge is -2.27. The predicted octanol–water partition coefficient (Wildman–Crippen LogP) is 2.97. The molecule has 158 valence electrons. The van der Waals surface area contributed by atoms with E-state index in [1.54, 1.807) is 45.2 Å². The van der Waals surface area contributed by atoms with Crippen LogP contribution in [0.2, 0.25) is 0 Å². The highest BCUT2D eigenvalue weighted by molar-refractivity contribution is 7.89. The number of rotatable bonds is 9. The van der Waals surface area contributed by atoms with Crippen molar-refractivity contribution >= 4 is 15.9 Å². The molecule has 0 aliphatic heterocycles. The van der Waals surface area contributed by atoms with Crippen molar-refractivity contribution in [2.24, 2.45) is 5.92 Å². The summed E-state index contributed by atoms with van der Waals surface area (Å²) in [5, 5.41) is 0. The minimum atomic E-state index is -3.85. The van der Waals surface area contributed by atoms with Crippen molar-refractivity contribution in [2.45, 2.75) is 31.7 Å². The third-order valence-corrected chi connectivity index (χ3v) is 5.90. The number of likely N-dealkylation sites (N-methyl/N-ethyl adjacent to an activating group) is 1. The maximum atomic E-state index is 13.6. The molecule has 0 radical (unpaired) electrons. The van der Waals surface area contributed by atoms with E-state index in [0.717, 1.165) is 5.56 Å². The highest BCUT2D eigenvalue weighted by Gasteiger charge is 2.30. The molecule has 0 fully saturated rings. The number of hydrogen-bond acceptors (Lipinski definition) is 4. The van der Waals surface area contributed by atoms with Gasteiger partial charge in [0.25, 0.3) is 0 Å². The number of ether oxygens (including phenoxy) is 1. The fourth-order valence-electron chi connectivity index (χ4n) is 2.63. The fourth-order valence-corrected chi connectivity index (χ4v) is 3.96. The average molecular weight is 423 g/mol. The Balaban J connectivity index is 2.02. The van der Waals surface area contributed by atoms with Crippen molar-refractivity contribution < 1.29 is 22.3 Å². The number of amides is 1. The maximum Gasteiger partial charge on any atom is 0.241 e. The Bertz CT molecular complexity index is 930. The van der Waals surface area contributed by atoms with Gasteiger partial charge in [0, 0.05) is 7.05 Å². The third-order valence-electron chi connectivity index (χ3n) is 4.44. The van der Waals surface area contributed by atoms with Crippen LogP contribution >= 0.6 is 0 Å². The number of para-hydroxylation sites is 1. The van der Waals surface area contributed by atoms with Crippen molar-refractivity contribution in [2.75, 3.05) is 20.2 Å². The molecule has 0 saturated carbocycles. The van der Waals surface area contributed by atoms with Crippen LogP contribution in [0.1, 0.15) is 19.4 Å². The summed E-state index contributed by atoms with van der Waals surface area (Å²) in [6.45, 7) is 5.66. The molecule has 1 N–H and O–H groups in total. The van der Waals surface area contributed by atoms with Crippen LogP contribution in [-0.2, 0) is 14.8 Å². The van der Waals surface area contributed by atoms with Gasteiger partial charge in [-0.25, -0.2) is 12.8 Å². The monoisotopic (exact) mass is 422 g/mol. The van der Waals surface area contributed by atoms with Gasteiger partial charge in [0.2, 0.25) is 15.9 Å². The van der Waals surface area contributed by atoms with Crippen molar-refractivity contribution in [3.63, 3.8) is 0 Å². The highest BCUT2D eigenvalue weighted by atomic mass is 32.2. The molecule has 29 heavy (non-hydrogen) atoms. The van der Waals surface area contributed by atoms with Crippen molar-refractivity contribution in [1.29, 1.82) is 0 Å². The van der Waals surface area contributed by atoms with Gasteiger partial charge in [-0.2, -0.15) is 4.72 Å². The summed E-state index contributed by atoms with van der Waals surface area (Å²) in [5.74, 6) is -1.02. The second kappa shape index (κ2) is 9.84. The number of carbonyl (C=O) groups is 1. The number of halogens is 1. The van der Waals surface area contributed by atoms with Gasteiger partial charge in [0.05, 0.1) is 11.4 Å². The first-order valence-electron chi connectivity index (χ1n) is 9.33. The van der Waals surface area contributed by atoms with Crippen LogP contribution in [-0.4, -0.2) is 45.5 Å². The van der Waals surface area contributed by atoms with Crippen LogP contribution in [0.15, 0.2) is 53.4 Å². The number of nitrogens with zero attached hydrogens (tertiary/aromatic N) is 1. The van der Waals surface area contributed by atoms with E-state index in [9.17, 15) is 17.6 Å². The standard InChI is InChI=1S/C21H27FN2O4S/c1-15(2)20(23-29(26,27)17-11-9-16(3)10-12-17)21(25)24(4)13-14-28-19-8-6-5-7-18(19)22/h5-12,15,20,23H,13-14H2,1-4H3/t20-/m0/s1. The van der Waals surface area contributed by atoms with Gasteiger partial charge in [0.1, 0.15) is 12.6 Å². The number of aryl methyl sites for hydroxylation is 1. The molecule has 2 aromatic rings. The molecule has 0 aliphatic rings. The van der Waals surface area contributed by atoms with E-state index < -0.39 is 21.9 Å². The first-order chi connectivity index (χ1) is 13.6. The summed E-state index contributed by atoms with van der Waals surface area (Å²) in [6, 6.07) is 11.5. The first-order valence-corrected chi connectivity index (χ1v) is 10.8. The number of benzene rings is 2. The number of hydrogen-bond donors (Lipinski definition) is 1. The van der Waals surface area contributed by atoms with Gasteiger partial charge >= 0.3 is 0 Å². The van der Waals surface area contributed by atoms with Gasteiger partial charge < -0.3 is 9.64 Å². The van der Waals surface area contributed by atoms with E-state index in [4.69, 9.17) is 4.74 Å². The fraction of sp³-hybridized carbons (Fsp3) is 0.381. The molecular weight excluding hydrogens is 395 g/mol. The van der Waals surface area contributed by atoms with Crippen molar-refractivity contribution in [3.8, 4) is 5.75 Å². The second-order valence-corrected chi connectivity index (χ2v) is 8.91. The molecule has 2 aromatic carbocycles. The number of nitrogens with one attached hydrogen (secondary N) is 1.